The molecule has 9 heavy (non-hydrogen) atoms. The van der Waals surface area contributed by atoms with Crippen molar-refractivity contribution in [1.82, 2.24) is 10.6 Å². The highest BCUT2D eigenvalue weighted by atomic mass is 16.3. The van der Waals surface area contributed by atoms with Gasteiger partial charge in [0.2, 0.25) is 0 Å². The quantitative estimate of drug-likeness (QED) is 0.438. The zero-order chi connectivity index (χ0) is 6.53. The number of nitrogens with one attached hydrogen (secondary N) is 2. The predicted octanol–water partition coefficient (Wildman–Crippen LogP) is -0.473. The van der Waals surface area contributed by atoms with Gasteiger partial charge in [-0.3, -0.25) is 0 Å². The second kappa shape index (κ2) is 3.14. The standard InChI is InChI=1S/C6H10N2O/c9-5-8-6-3-1-2-4-7-6/h1-3,7-9H,4-5H2. The fraction of sp³-hybridized carbons (Fsp3) is 0.333. The summed E-state index contributed by atoms with van der Waals surface area (Å²) in [5.41, 5.74) is 0. The van der Waals surface area contributed by atoms with Crippen molar-refractivity contribution in [2.45, 2.75) is 0 Å². The van der Waals surface area contributed by atoms with E-state index in [-0.39, 0.29) is 6.73 Å². The molecule has 0 saturated heterocycles. The van der Waals surface area contributed by atoms with E-state index in [2.05, 4.69) is 10.6 Å². The van der Waals surface area contributed by atoms with E-state index in [4.69, 9.17) is 5.11 Å². The summed E-state index contributed by atoms with van der Waals surface area (Å²) in [5, 5.41) is 14.2. The average Bonchev–Trinajstić information content (AvgIpc) is 1.91. The summed E-state index contributed by atoms with van der Waals surface area (Å²) in [4.78, 5) is 0. The van der Waals surface area contributed by atoms with Crippen molar-refractivity contribution in [2.24, 2.45) is 0 Å². The second-order valence-corrected chi connectivity index (χ2v) is 1.72. The largest absolute Gasteiger partial charge is 0.377 e. The van der Waals surface area contributed by atoms with Gasteiger partial charge in [0.25, 0.3) is 0 Å². The van der Waals surface area contributed by atoms with Crippen LogP contribution in [0.5, 0.6) is 0 Å². The Kier molecular flexibility index (Phi) is 2.15. The number of aliphatic hydroxyl groups excluding tert-OH is 1. The van der Waals surface area contributed by atoms with E-state index in [1.807, 2.05) is 18.2 Å². The Bertz CT molecular complexity index is 140. The molecule has 50 valence electrons. The van der Waals surface area contributed by atoms with Crippen LogP contribution in [-0.4, -0.2) is 18.4 Å². The van der Waals surface area contributed by atoms with E-state index in [1.54, 1.807) is 0 Å². The first-order chi connectivity index (χ1) is 4.43. The van der Waals surface area contributed by atoms with E-state index in [9.17, 15) is 0 Å². The van der Waals surface area contributed by atoms with Gasteiger partial charge < -0.3 is 15.7 Å². The zero-order valence-corrected chi connectivity index (χ0v) is 5.09. The molecule has 0 atom stereocenters. The summed E-state index contributed by atoms with van der Waals surface area (Å²) < 4.78 is 0. The summed E-state index contributed by atoms with van der Waals surface area (Å²) in [5.74, 6) is 0.875. The van der Waals surface area contributed by atoms with Gasteiger partial charge in [-0.15, -0.1) is 0 Å². The maximum Gasteiger partial charge on any atom is 0.114 e. The van der Waals surface area contributed by atoms with Crippen molar-refractivity contribution in [2.75, 3.05) is 13.3 Å². The molecule has 0 fully saturated rings. The average molecular weight is 126 g/mol. The van der Waals surface area contributed by atoms with Gasteiger partial charge in [-0.2, -0.15) is 0 Å². The second-order valence-electron chi connectivity index (χ2n) is 1.72. The van der Waals surface area contributed by atoms with Crippen LogP contribution in [0.4, 0.5) is 0 Å². The summed E-state index contributed by atoms with van der Waals surface area (Å²) in [6.45, 7) is 0.811. The smallest absolute Gasteiger partial charge is 0.114 e. The molecule has 0 saturated carbocycles. The first kappa shape index (κ1) is 6.16. The Balaban J connectivity index is 2.38. The van der Waals surface area contributed by atoms with Crippen LogP contribution >= 0.6 is 0 Å². The summed E-state index contributed by atoms with van der Waals surface area (Å²) in [6.07, 6.45) is 5.82. The molecule has 0 aromatic carbocycles. The Morgan fingerprint density at radius 1 is 1.78 bits per heavy atom. The molecule has 1 aliphatic heterocycles. The van der Waals surface area contributed by atoms with Gasteiger partial charge in [0, 0.05) is 6.54 Å². The Hall–Kier alpha value is -0.960. The van der Waals surface area contributed by atoms with Gasteiger partial charge in [0.1, 0.15) is 12.6 Å². The highest BCUT2D eigenvalue weighted by molar-refractivity contribution is 5.14. The minimum Gasteiger partial charge on any atom is -0.377 e. The normalized spacial score (nSPS) is 16.3. The molecule has 0 aromatic heterocycles. The maximum absolute atomic E-state index is 8.40. The topological polar surface area (TPSA) is 44.3 Å². The highest BCUT2D eigenvalue weighted by Crippen LogP contribution is 1.89. The van der Waals surface area contributed by atoms with E-state index >= 15 is 0 Å². The summed E-state index contributed by atoms with van der Waals surface area (Å²) in [6, 6.07) is 0. The molecule has 0 spiro atoms. The van der Waals surface area contributed by atoms with Crippen LogP contribution in [0.1, 0.15) is 0 Å². The van der Waals surface area contributed by atoms with Crippen LogP contribution in [0.25, 0.3) is 0 Å². The van der Waals surface area contributed by atoms with Crippen LogP contribution in [0, 0.1) is 0 Å². The molecule has 0 amide bonds. The lowest BCUT2D eigenvalue weighted by molar-refractivity contribution is 0.271. The van der Waals surface area contributed by atoms with Gasteiger partial charge in [-0.05, 0) is 6.08 Å². The first-order valence-corrected chi connectivity index (χ1v) is 2.89. The van der Waals surface area contributed by atoms with E-state index in [1.165, 1.54) is 0 Å². The zero-order valence-electron chi connectivity index (χ0n) is 5.09. The Morgan fingerprint density at radius 3 is 3.22 bits per heavy atom. The number of allylic oxidation sites excluding steroid dienone is 2. The number of hydrogen-bond acceptors (Lipinski definition) is 3. The third-order valence-electron chi connectivity index (χ3n) is 1.08. The maximum atomic E-state index is 8.40. The molecule has 0 aromatic rings. The molecule has 3 nitrogen and oxygen atoms in total. The molecule has 0 radical (unpaired) electrons. The molecule has 1 rings (SSSR count). The molecule has 1 heterocycles. The summed E-state index contributed by atoms with van der Waals surface area (Å²) in [7, 11) is 0. The minimum absolute atomic E-state index is 0.0212. The van der Waals surface area contributed by atoms with Gasteiger partial charge in [-0.25, -0.2) is 0 Å². The van der Waals surface area contributed by atoms with Crippen molar-refractivity contribution in [3.63, 3.8) is 0 Å². The van der Waals surface area contributed by atoms with Crippen LogP contribution in [0.15, 0.2) is 24.0 Å². The molecule has 0 unspecified atom stereocenters. The monoisotopic (exact) mass is 126 g/mol. The third kappa shape index (κ3) is 1.77. The predicted molar refractivity (Wildman–Crippen MR) is 35.4 cm³/mol. The number of dihydropyridines is 1. The van der Waals surface area contributed by atoms with Crippen molar-refractivity contribution in [1.29, 1.82) is 0 Å². The lowest BCUT2D eigenvalue weighted by Crippen LogP contribution is -2.28. The van der Waals surface area contributed by atoms with E-state index < -0.39 is 0 Å². The minimum atomic E-state index is -0.0212. The fourth-order valence-electron chi connectivity index (χ4n) is 0.667. The molecule has 3 heteroatoms. The van der Waals surface area contributed by atoms with E-state index in [0.717, 1.165) is 12.4 Å². The van der Waals surface area contributed by atoms with Gasteiger partial charge in [0.05, 0.1) is 0 Å². The van der Waals surface area contributed by atoms with E-state index in [0.29, 0.717) is 0 Å². The van der Waals surface area contributed by atoms with Crippen LogP contribution in [0.3, 0.4) is 0 Å². The lowest BCUT2D eigenvalue weighted by Gasteiger charge is -2.11. The Morgan fingerprint density at radius 2 is 2.67 bits per heavy atom. The van der Waals surface area contributed by atoms with Crippen molar-refractivity contribution >= 4 is 0 Å². The van der Waals surface area contributed by atoms with Crippen LogP contribution in [0.2, 0.25) is 0 Å². The lowest BCUT2D eigenvalue weighted by atomic mass is 10.4. The van der Waals surface area contributed by atoms with Crippen LogP contribution < -0.4 is 10.6 Å². The first-order valence-electron chi connectivity index (χ1n) is 2.89. The SMILES string of the molecule is OCNC1=CC=CCN1. The van der Waals surface area contributed by atoms with Gasteiger partial charge in [0.15, 0.2) is 0 Å². The molecule has 0 aliphatic carbocycles. The molecular weight excluding hydrogens is 116 g/mol. The van der Waals surface area contributed by atoms with Gasteiger partial charge >= 0.3 is 0 Å². The molecule has 1 aliphatic rings. The highest BCUT2D eigenvalue weighted by Gasteiger charge is 1.92. The molecule has 3 N–H and O–H groups in total. The number of hydrogen-bond donors (Lipinski definition) is 3. The summed E-state index contributed by atoms with van der Waals surface area (Å²) >= 11 is 0. The van der Waals surface area contributed by atoms with Gasteiger partial charge in [-0.1, -0.05) is 12.2 Å². The fourth-order valence-corrected chi connectivity index (χ4v) is 0.667. The van der Waals surface area contributed by atoms with Crippen molar-refractivity contribution in [3.05, 3.63) is 24.0 Å². The number of rotatable bonds is 2. The Labute approximate surface area is 54.1 Å². The third-order valence-corrected chi connectivity index (χ3v) is 1.08. The number of aliphatic hydroxyl groups is 1. The van der Waals surface area contributed by atoms with Crippen LogP contribution in [-0.2, 0) is 0 Å². The molecular formula is C6H10N2O. The van der Waals surface area contributed by atoms with Crippen molar-refractivity contribution in [3.8, 4) is 0 Å². The van der Waals surface area contributed by atoms with Crippen molar-refractivity contribution < 1.29 is 5.11 Å². The molecule has 0 bridgehead atoms.